The molecule has 5 heteroatoms. The standard InChI is InChI=1S/C17H22FNO3/c1-2-12(21-13-5-3-4-11(18)8-13)10-19-17(20)15-9-14-6-7-16(15)22-14/h3-5,8,12,14-16H,2,6-7,9-10H2,1H3,(H,19,20)/t12-,14+,15-,16+/m0/s1. The van der Waals surface area contributed by atoms with Gasteiger partial charge in [-0.2, -0.15) is 0 Å². The molecule has 0 saturated carbocycles. The van der Waals surface area contributed by atoms with Crippen LogP contribution in [0, 0.1) is 11.7 Å². The van der Waals surface area contributed by atoms with E-state index in [9.17, 15) is 9.18 Å². The van der Waals surface area contributed by atoms with E-state index in [-0.39, 0.29) is 36.0 Å². The molecule has 120 valence electrons. The topological polar surface area (TPSA) is 47.6 Å². The summed E-state index contributed by atoms with van der Waals surface area (Å²) in [6, 6.07) is 6.07. The lowest BCUT2D eigenvalue weighted by molar-refractivity contribution is -0.126. The molecule has 2 saturated heterocycles. The molecular weight excluding hydrogens is 285 g/mol. The number of rotatable bonds is 6. The summed E-state index contributed by atoms with van der Waals surface area (Å²) < 4.78 is 24.6. The van der Waals surface area contributed by atoms with E-state index in [1.54, 1.807) is 12.1 Å². The third kappa shape index (κ3) is 3.40. The predicted octanol–water partition coefficient (Wildman–Crippen LogP) is 2.67. The van der Waals surface area contributed by atoms with Gasteiger partial charge in [-0.3, -0.25) is 4.79 Å². The van der Waals surface area contributed by atoms with Crippen LogP contribution in [-0.2, 0) is 9.53 Å². The Bertz CT molecular complexity index is 536. The summed E-state index contributed by atoms with van der Waals surface area (Å²) in [6.07, 6.45) is 3.84. The molecule has 1 N–H and O–H groups in total. The monoisotopic (exact) mass is 307 g/mol. The lowest BCUT2D eigenvalue weighted by Gasteiger charge is -2.21. The summed E-state index contributed by atoms with van der Waals surface area (Å²) in [7, 11) is 0. The number of nitrogens with one attached hydrogen (secondary N) is 1. The van der Waals surface area contributed by atoms with E-state index in [0.29, 0.717) is 12.3 Å². The van der Waals surface area contributed by atoms with Crippen LogP contribution in [0.4, 0.5) is 4.39 Å². The quantitative estimate of drug-likeness (QED) is 0.879. The summed E-state index contributed by atoms with van der Waals surface area (Å²) in [6.45, 7) is 2.41. The molecule has 1 amide bonds. The van der Waals surface area contributed by atoms with Gasteiger partial charge < -0.3 is 14.8 Å². The van der Waals surface area contributed by atoms with Crippen molar-refractivity contribution in [3.05, 3.63) is 30.1 Å². The summed E-state index contributed by atoms with van der Waals surface area (Å²) in [5.41, 5.74) is 0. The van der Waals surface area contributed by atoms with Gasteiger partial charge in [0.1, 0.15) is 17.7 Å². The highest BCUT2D eigenvalue weighted by Crippen LogP contribution is 2.38. The molecule has 2 bridgehead atoms. The van der Waals surface area contributed by atoms with E-state index in [2.05, 4.69) is 5.32 Å². The maximum absolute atomic E-state index is 13.2. The molecule has 1 aromatic rings. The first-order chi connectivity index (χ1) is 10.7. The Morgan fingerprint density at radius 3 is 3.00 bits per heavy atom. The van der Waals surface area contributed by atoms with Crippen molar-refractivity contribution in [1.29, 1.82) is 0 Å². The average Bonchev–Trinajstić information content (AvgIpc) is 3.14. The average molecular weight is 307 g/mol. The van der Waals surface area contributed by atoms with Crippen molar-refractivity contribution < 1.29 is 18.7 Å². The van der Waals surface area contributed by atoms with Crippen molar-refractivity contribution in [2.75, 3.05) is 6.54 Å². The number of halogens is 1. The van der Waals surface area contributed by atoms with Crippen LogP contribution < -0.4 is 10.1 Å². The number of ether oxygens (including phenoxy) is 2. The normalized spacial score (nSPS) is 27.6. The van der Waals surface area contributed by atoms with Crippen molar-refractivity contribution in [2.45, 2.75) is 50.9 Å². The highest BCUT2D eigenvalue weighted by molar-refractivity contribution is 5.79. The first-order valence-electron chi connectivity index (χ1n) is 8.01. The number of hydrogen-bond donors (Lipinski definition) is 1. The van der Waals surface area contributed by atoms with Gasteiger partial charge in [-0.1, -0.05) is 13.0 Å². The van der Waals surface area contributed by atoms with E-state index < -0.39 is 0 Å². The molecular formula is C17H22FNO3. The Labute approximate surface area is 130 Å². The van der Waals surface area contributed by atoms with Crippen LogP contribution in [0.2, 0.25) is 0 Å². The van der Waals surface area contributed by atoms with Gasteiger partial charge in [0.2, 0.25) is 5.91 Å². The third-order valence-electron chi connectivity index (χ3n) is 4.50. The summed E-state index contributed by atoms with van der Waals surface area (Å²) >= 11 is 0. The second-order valence-electron chi connectivity index (χ2n) is 6.07. The molecule has 0 spiro atoms. The second kappa shape index (κ2) is 6.65. The number of fused-ring (bicyclic) bond motifs is 2. The highest BCUT2D eigenvalue weighted by atomic mass is 19.1. The van der Waals surface area contributed by atoms with E-state index in [1.165, 1.54) is 12.1 Å². The van der Waals surface area contributed by atoms with Gasteiger partial charge in [0.15, 0.2) is 0 Å². The van der Waals surface area contributed by atoms with Crippen molar-refractivity contribution in [3.63, 3.8) is 0 Å². The number of benzene rings is 1. The Morgan fingerprint density at radius 2 is 2.36 bits per heavy atom. The first-order valence-corrected chi connectivity index (χ1v) is 8.01. The SMILES string of the molecule is CC[C@@H](CNC(=O)[C@H]1C[C@H]2CC[C@H]1O2)Oc1cccc(F)c1. The highest BCUT2D eigenvalue weighted by Gasteiger charge is 2.44. The first kappa shape index (κ1) is 15.3. The predicted molar refractivity (Wildman–Crippen MR) is 80.1 cm³/mol. The maximum atomic E-state index is 13.2. The van der Waals surface area contributed by atoms with E-state index in [4.69, 9.17) is 9.47 Å². The van der Waals surface area contributed by atoms with Gasteiger partial charge in [-0.25, -0.2) is 4.39 Å². The number of amides is 1. The molecule has 2 fully saturated rings. The Balaban J connectivity index is 1.49. The fraction of sp³-hybridized carbons (Fsp3) is 0.588. The molecule has 3 rings (SSSR count). The zero-order valence-electron chi connectivity index (χ0n) is 12.8. The lowest BCUT2D eigenvalue weighted by atomic mass is 9.88. The molecule has 4 atom stereocenters. The molecule has 0 radical (unpaired) electrons. The maximum Gasteiger partial charge on any atom is 0.225 e. The smallest absolute Gasteiger partial charge is 0.225 e. The molecule has 1 aromatic carbocycles. The van der Waals surface area contributed by atoms with E-state index in [0.717, 1.165) is 25.7 Å². The zero-order chi connectivity index (χ0) is 15.5. The fourth-order valence-corrected chi connectivity index (χ4v) is 3.26. The minimum absolute atomic E-state index is 0.0228. The molecule has 2 aliphatic rings. The summed E-state index contributed by atoms with van der Waals surface area (Å²) in [5.74, 6) is 0.193. The minimum atomic E-state index is -0.324. The van der Waals surface area contributed by atoms with Crippen LogP contribution in [0.1, 0.15) is 32.6 Å². The number of hydrogen-bond acceptors (Lipinski definition) is 3. The number of carbonyl (C=O) groups is 1. The van der Waals surface area contributed by atoms with Crippen LogP contribution in [0.3, 0.4) is 0 Å². The van der Waals surface area contributed by atoms with Gasteiger partial charge in [-0.05, 0) is 37.8 Å². The fourth-order valence-electron chi connectivity index (χ4n) is 3.26. The van der Waals surface area contributed by atoms with Crippen LogP contribution in [0.25, 0.3) is 0 Å². The van der Waals surface area contributed by atoms with Crippen molar-refractivity contribution in [2.24, 2.45) is 5.92 Å². The van der Waals surface area contributed by atoms with Gasteiger partial charge in [0.25, 0.3) is 0 Å². The van der Waals surface area contributed by atoms with Crippen LogP contribution >= 0.6 is 0 Å². The Morgan fingerprint density at radius 1 is 1.50 bits per heavy atom. The molecule has 2 aliphatic heterocycles. The third-order valence-corrected chi connectivity index (χ3v) is 4.50. The lowest BCUT2D eigenvalue weighted by Crippen LogP contribution is -2.41. The molecule has 0 aromatic heterocycles. The van der Waals surface area contributed by atoms with Crippen LogP contribution in [0.15, 0.2) is 24.3 Å². The zero-order valence-corrected chi connectivity index (χ0v) is 12.8. The van der Waals surface area contributed by atoms with E-state index in [1.807, 2.05) is 6.92 Å². The summed E-state index contributed by atoms with van der Waals surface area (Å²) in [5, 5.41) is 2.96. The largest absolute Gasteiger partial charge is 0.489 e. The van der Waals surface area contributed by atoms with Gasteiger partial charge in [-0.15, -0.1) is 0 Å². The summed E-state index contributed by atoms with van der Waals surface area (Å²) in [4.78, 5) is 12.3. The van der Waals surface area contributed by atoms with Crippen molar-refractivity contribution >= 4 is 5.91 Å². The molecule has 0 unspecified atom stereocenters. The van der Waals surface area contributed by atoms with Crippen molar-refractivity contribution in [3.8, 4) is 5.75 Å². The van der Waals surface area contributed by atoms with Gasteiger partial charge in [0, 0.05) is 6.07 Å². The molecule has 22 heavy (non-hydrogen) atoms. The molecule has 0 aliphatic carbocycles. The van der Waals surface area contributed by atoms with Gasteiger partial charge >= 0.3 is 0 Å². The van der Waals surface area contributed by atoms with Crippen molar-refractivity contribution in [1.82, 2.24) is 5.32 Å². The van der Waals surface area contributed by atoms with Crippen LogP contribution in [-0.4, -0.2) is 30.8 Å². The second-order valence-corrected chi connectivity index (χ2v) is 6.07. The van der Waals surface area contributed by atoms with E-state index >= 15 is 0 Å². The minimum Gasteiger partial charge on any atom is -0.489 e. The molecule has 2 heterocycles. The van der Waals surface area contributed by atoms with Crippen LogP contribution in [0.5, 0.6) is 5.75 Å². The Kier molecular flexibility index (Phi) is 4.62. The Hall–Kier alpha value is -1.62. The molecule has 4 nitrogen and oxygen atoms in total. The van der Waals surface area contributed by atoms with Gasteiger partial charge in [0.05, 0.1) is 24.7 Å². The number of carbonyl (C=O) groups excluding carboxylic acids is 1.